The molecular formula is C23H41NO18. The van der Waals surface area contributed by atoms with Gasteiger partial charge in [0.05, 0.1) is 38.6 Å². The zero-order valence-electron chi connectivity index (χ0n) is 22.2. The molecule has 19 nitrogen and oxygen atoms in total. The second-order valence-corrected chi connectivity index (χ2v) is 10.7. The second kappa shape index (κ2) is 14.6. The number of hydrogen-bond acceptors (Lipinski definition) is 19. The first-order valence-corrected chi connectivity index (χ1v) is 13.5. The van der Waals surface area contributed by atoms with Crippen LogP contribution in [0.3, 0.4) is 0 Å². The first-order valence-electron chi connectivity index (χ1n) is 13.5. The normalized spacial score (nSPS) is 52.0. The third-order valence-corrected chi connectivity index (χ3v) is 7.93. The van der Waals surface area contributed by atoms with Crippen LogP contribution in [0.5, 0.6) is 0 Å². The molecule has 0 aliphatic carbocycles. The lowest BCUT2D eigenvalue weighted by atomic mass is 9.96. The topological polar surface area (TPSA) is 310 Å². The number of rotatable bonds is 10. The third kappa shape index (κ3) is 6.74. The maximum Gasteiger partial charge on any atom is 0.187 e. The molecule has 4 fully saturated rings. The summed E-state index contributed by atoms with van der Waals surface area (Å²) in [6.45, 7) is -2.72. The summed E-state index contributed by atoms with van der Waals surface area (Å²) in [7, 11) is 0. The molecule has 18 atom stereocenters. The molecule has 0 aromatic rings. The Morgan fingerprint density at radius 3 is 1.31 bits per heavy atom. The lowest BCUT2D eigenvalue weighted by Gasteiger charge is -2.48. The lowest BCUT2D eigenvalue weighted by molar-refractivity contribution is -0.381. The number of hydrogen-bond donors (Lipinski definition) is 13. The Balaban J connectivity index is 1.42. The zero-order chi connectivity index (χ0) is 30.9. The molecule has 19 heteroatoms. The Kier molecular flexibility index (Phi) is 11.8. The predicted octanol–water partition coefficient (Wildman–Crippen LogP) is -8.86. The van der Waals surface area contributed by atoms with Gasteiger partial charge in [-0.05, 0) is 0 Å². The minimum absolute atomic E-state index is 0.0861. The molecule has 0 aromatic heterocycles. The van der Waals surface area contributed by atoms with E-state index in [-0.39, 0.29) is 6.54 Å². The zero-order valence-corrected chi connectivity index (χ0v) is 22.2. The Labute approximate surface area is 239 Å². The van der Waals surface area contributed by atoms with Gasteiger partial charge in [0.25, 0.3) is 0 Å². The Morgan fingerprint density at radius 2 is 0.881 bits per heavy atom. The Bertz CT molecular complexity index is 839. The molecule has 4 aliphatic rings. The van der Waals surface area contributed by atoms with E-state index in [4.69, 9.17) is 28.4 Å². The van der Waals surface area contributed by atoms with Crippen molar-refractivity contribution in [2.45, 2.75) is 110 Å². The van der Waals surface area contributed by atoms with Gasteiger partial charge >= 0.3 is 0 Å². The van der Waals surface area contributed by atoms with Crippen molar-refractivity contribution in [3.63, 3.8) is 0 Å². The van der Waals surface area contributed by atoms with Crippen molar-refractivity contribution in [3.8, 4) is 0 Å². The van der Waals surface area contributed by atoms with Crippen molar-refractivity contribution < 1.29 is 89.7 Å². The Hall–Kier alpha value is -0.760. The van der Waals surface area contributed by atoms with Crippen molar-refractivity contribution in [3.05, 3.63) is 0 Å². The summed E-state index contributed by atoms with van der Waals surface area (Å²) < 4.78 is 33.0. The monoisotopic (exact) mass is 619 g/mol. The number of aliphatic hydroxyl groups excluding tert-OH is 12. The fourth-order valence-electron chi connectivity index (χ4n) is 5.44. The maximum absolute atomic E-state index is 10.8. The highest BCUT2D eigenvalue weighted by Gasteiger charge is 2.54. The van der Waals surface area contributed by atoms with Crippen LogP contribution in [0.25, 0.3) is 0 Å². The SMILES string of the molecule is OC[C@H]1NC[C@@H](O)[C@@H]1O[C@@H]1O[C@H](CO)[C@@H](O[C@@H]2O[C@H](CO)[C@@H](O[C@@H]3O[C@H](CO)[C@@H](O)[C@H](O)[C@H]3O)[C@H](O)[C@H]2O)[C@H](O)[C@H]1O. The second-order valence-electron chi connectivity index (χ2n) is 10.7. The van der Waals surface area contributed by atoms with Gasteiger partial charge in [-0.3, -0.25) is 0 Å². The summed E-state index contributed by atoms with van der Waals surface area (Å²) in [6, 6.07) is -0.699. The molecular weight excluding hydrogens is 578 g/mol. The maximum atomic E-state index is 10.8. The van der Waals surface area contributed by atoms with Gasteiger partial charge in [0.1, 0.15) is 79.4 Å². The van der Waals surface area contributed by atoms with Gasteiger partial charge in [0.15, 0.2) is 18.9 Å². The average molecular weight is 620 g/mol. The summed E-state index contributed by atoms with van der Waals surface area (Å²) in [4.78, 5) is 0. The summed E-state index contributed by atoms with van der Waals surface area (Å²) in [6.07, 6.45) is -27.4. The minimum atomic E-state index is -1.95. The average Bonchev–Trinajstić information content (AvgIpc) is 3.34. The van der Waals surface area contributed by atoms with Crippen LogP contribution in [0.4, 0.5) is 0 Å². The summed E-state index contributed by atoms with van der Waals surface area (Å²) in [5.74, 6) is 0. The van der Waals surface area contributed by atoms with E-state index in [1.165, 1.54) is 0 Å². The summed E-state index contributed by atoms with van der Waals surface area (Å²) >= 11 is 0. The van der Waals surface area contributed by atoms with E-state index in [2.05, 4.69) is 5.32 Å². The van der Waals surface area contributed by atoms with Crippen molar-refractivity contribution in [2.24, 2.45) is 0 Å². The molecule has 4 heterocycles. The van der Waals surface area contributed by atoms with Gasteiger partial charge in [-0.2, -0.15) is 0 Å². The summed E-state index contributed by atoms with van der Waals surface area (Å²) in [5, 5.41) is 125. The van der Waals surface area contributed by atoms with E-state index in [9.17, 15) is 61.3 Å². The highest BCUT2D eigenvalue weighted by Crippen LogP contribution is 2.33. The molecule has 246 valence electrons. The van der Waals surface area contributed by atoms with Crippen molar-refractivity contribution >= 4 is 0 Å². The van der Waals surface area contributed by atoms with Crippen LogP contribution in [0.1, 0.15) is 0 Å². The molecule has 0 unspecified atom stereocenters. The molecule has 0 saturated carbocycles. The first-order chi connectivity index (χ1) is 20.0. The third-order valence-electron chi connectivity index (χ3n) is 7.93. The number of aliphatic hydroxyl groups is 12. The highest BCUT2D eigenvalue weighted by molar-refractivity contribution is 4.98. The quantitative estimate of drug-likeness (QED) is 0.108. The molecule has 4 aliphatic heterocycles. The van der Waals surface area contributed by atoms with E-state index in [0.29, 0.717) is 0 Å². The van der Waals surface area contributed by atoms with Crippen LogP contribution in [0, 0.1) is 0 Å². The van der Waals surface area contributed by atoms with E-state index < -0.39 is 137 Å². The molecule has 4 rings (SSSR count). The number of β-amino-alcohol motifs (C(OH)–C–C–N with tert-alkyl or cyclic N) is 1. The van der Waals surface area contributed by atoms with Crippen molar-refractivity contribution in [1.82, 2.24) is 5.32 Å². The van der Waals surface area contributed by atoms with Gasteiger partial charge in [-0.1, -0.05) is 0 Å². The predicted molar refractivity (Wildman–Crippen MR) is 129 cm³/mol. The molecule has 0 radical (unpaired) electrons. The largest absolute Gasteiger partial charge is 0.395 e. The van der Waals surface area contributed by atoms with E-state index >= 15 is 0 Å². The minimum Gasteiger partial charge on any atom is -0.395 e. The van der Waals surface area contributed by atoms with Crippen LogP contribution >= 0.6 is 0 Å². The fraction of sp³-hybridized carbons (Fsp3) is 1.00. The van der Waals surface area contributed by atoms with Gasteiger partial charge in [-0.25, -0.2) is 0 Å². The van der Waals surface area contributed by atoms with Crippen LogP contribution in [-0.2, 0) is 28.4 Å². The van der Waals surface area contributed by atoms with Gasteiger partial charge in [-0.15, -0.1) is 0 Å². The number of ether oxygens (including phenoxy) is 6. The Morgan fingerprint density at radius 1 is 0.476 bits per heavy atom. The number of nitrogens with one attached hydrogen (secondary N) is 1. The van der Waals surface area contributed by atoms with E-state index in [1.807, 2.05) is 0 Å². The molecule has 4 saturated heterocycles. The summed E-state index contributed by atoms with van der Waals surface area (Å²) in [5.41, 5.74) is 0. The smallest absolute Gasteiger partial charge is 0.187 e. The lowest BCUT2D eigenvalue weighted by Crippen LogP contribution is -2.67. The standard InChI is InChI=1S/C23H41NO18/c25-2-6-18(7(29)1-24-6)40-22-16(35)13(32)20(9(4-27)38-22)42-23-17(36)14(33)19(10(5-28)39-23)41-21-15(34)12(31)11(30)8(3-26)37-21/h6-36H,1-5H2/t6-,7-,8-,9-,10-,11-,12+,13-,14-,15-,16-,17-,18-,19-,20-,21+,22+,23+/m1/s1. The van der Waals surface area contributed by atoms with Crippen LogP contribution in [0.2, 0.25) is 0 Å². The molecule has 13 N–H and O–H groups in total. The van der Waals surface area contributed by atoms with Gasteiger partial charge in [0.2, 0.25) is 0 Å². The molecule has 0 amide bonds. The van der Waals surface area contributed by atoms with Crippen LogP contribution in [-0.4, -0.2) is 205 Å². The van der Waals surface area contributed by atoms with Gasteiger partial charge < -0.3 is 95.0 Å². The first kappa shape index (κ1) is 34.1. The van der Waals surface area contributed by atoms with Crippen LogP contribution in [0.15, 0.2) is 0 Å². The van der Waals surface area contributed by atoms with Crippen LogP contribution < -0.4 is 5.32 Å². The molecule has 0 bridgehead atoms. The van der Waals surface area contributed by atoms with Crippen molar-refractivity contribution in [1.29, 1.82) is 0 Å². The molecule has 0 aromatic carbocycles. The molecule has 42 heavy (non-hydrogen) atoms. The molecule has 0 spiro atoms. The van der Waals surface area contributed by atoms with E-state index in [0.717, 1.165) is 0 Å². The van der Waals surface area contributed by atoms with E-state index in [1.54, 1.807) is 0 Å². The highest BCUT2D eigenvalue weighted by atomic mass is 16.8. The fourth-order valence-corrected chi connectivity index (χ4v) is 5.44. The van der Waals surface area contributed by atoms with Crippen molar-refractivity contribution in [2.75, 3.05) is 33.0 Å². The van der Waals surface area contributed by atoms with Gasteiger partial charge in [0, 0.05) is 6.54 Å².